The highest BCUT2D eigenvalue weighted by molar-refractivity contribution is 7.84. The van der Waals surface area contributed by atoms with Crippen LogP contribution in [0.15, 0.2) is 48.8 Å². The monoisotopic (exact) mass is 751 g/mol. The number of ketones is 1. The lowest BCUT2D eigenvalue weighted by Gasteiger charge is -2.55. The predicted octanol–water partition coefficient (Wildman–Crippen LogP) is 8.83. The van der Waals surface area contributed by atoms with Crippen molar-refractivity contribution in [2.75, 3.05) is 6.56 Å². The summed E-state index contributed by atoms with van der Waals surface area (Å²) < 4.78 is 75.0. The molecule has 2 aromatic heterocycles. The summed E-state index contributed by atoms with van der Waals surface area (Å²) in [5.74, 6) is 0.890. The van der Waals surface area contributed by atoms with E-state index in [0.717, 1.165) is 28.0 Å². The fourth-order valence-corrected chi connectivity index (χ4v) is 9.26. The molecule has 3 aliphatic rings. The van der Waals surface area contributed by atoms with Gasteiger partial charge in [0.1, 0.15) is 17.4 Å². The van der Waals surface area contributed by atoms with Gasteiger partial charge in [-0.2, -0.15) is 8.78 Å². The van der Waals surface area contributed by atoms with E-state index in [1.807, 2.05) is 59.0 Å². The molecule has 278 valence electrons. The molecule has 0 radical (unpaired) electrons. The van der Waals surface area contributed by atoms with Gasteiger partial charge in [0.05, 0.1) is 41.1 Å². The molecule has 2 aromatic carbocycles. The molecule has 7 rings (SSSR count). The molecule has 1 aliphatic heterocycles. The zero-order valence-electron chi connectivity index (χ0n) is 33.3. The van der Waals surface area contributed by atoms with Gasteiger partial charge in [0.2, 0.25) is 0 Å². The van der Waals surface area contributed by atoms with Crippen LogP contribution in [0, 0.1) is 5.41 Å². The van der Waals surface area contributed by atoms with E-state index >= 15 is 0 Å². The van der Waals surface area contributed by atoms with Crippen molar-refractivity contribution in [1.82, 2.24) is 24.2 Å². The number of imidazole rings is 1. The summed E-state index contributed by atoms with van der Waals surface area (Å²) in [6, 6.07) is 10.1. The van der Waals surface area contributed by atoms with Crippen LogP contribution in [0.5, 0.6) is 5.75 Å². The highest BCUT2D eigenvalue weighted by Crippen LogP contribution is 2.55. The number of aromatic nitrogens is 4. The summed E-state index contributed by atoms with van der Waals surface area (Å²) in [4.78, 5) is 27.8. The number of hydrogen-bond donors (Lipinski definition) is 1. The second-order valence-corrected chi connectivity index (χ2v) is 24.1. The van der Waals surface area contributed by atoms with Crippen molar-refractivity contribution in [3.05, 3.63) is 71.6 Å². The van der Waals surface area contributed by atoms with E-state index in [1.54, 1.807) is 24.5 Å². The van der Waals surface area contributed by atoms with Crippen molar-refractivity contribution >= 4 is 36.1 Å². The maximum atomic E-state index is 13.6. The summed E-state index contributed by atoms with van der Waals surface area (Å²) in [7, 11) is -3.96. The molecule has 3 heterocycles. The number of alkyl halides is 2. The van der Waals surface area contributed by atoms with Gasteiger partial charge in [0, 0.05) is 48.0 Å². The lowest BCUT2D eigenvalue weighted by atomic mass is 9.58. The Morgan fingerprint density at radius 2 is 1.79 bits per heavy atom. The van der Waals surface area contributed by atoms with E-state index in [1.165, 1.54) is 6.07 Å². The van der Waals surface area contributed by atoms with Gasteiger partial charge in [0.15, 0.2) is 14.1 Å². The number of benzene rings is 2. The highest BCUT2D eigenvalue weighted by Gasteiger charge is 2.57. The second-order valence-electron chi connectivity index (χ2n) is 17.5. The van der Waals surface area contributed by atoms with E-state index in [-0.39, 0.29) is 41.8 Å². The van der Waals surface area contributed by atoms with Gasteiger partial charge in [-0.1, -0.05) is 45.9 Å². The van der Waals surface area contributed by atoms with Gasteiger partial charge >= 0.3 is 6.61 Å². The van der Waals surface area contributed by atoms with Crippen LogP contribution in [0.1, 0.15) is 116 Å². The molecule has 0 saturated heterocycles. The van der Waals surface area contributed by atoms with Crippen LogP contribution in [0.3, 0.4) is 0 Å². The molecule has 1 saturated carbocycles. The Hall–Kier alpha value is -3.39. The normalized spacial score (nSPS) is 26.0. The molecule has 4 aromatic rings. The molecule has 2 bridgehead atoms. The predicted molar refractivity (Wildman–Crippen MR) is 201 cm³/mol. The van der Waals surface area contributed by atoms with E-state index < -0.39 is 54.2 Å². The number of Topliss-reactive ketones (excluding diaryl/α,β-unsaturated/α-hetero) is 1. The third-order valence-electron chi connectivity index (χ3n) is 11.2. The Bertz CT molecular complexity index is 2160. The summed E-state index contributed by atoms with van der Waals surface area (Å²) in [5.41, 5.74) is 2.05. The molecule has 0 spiro atoms. The summed E-state index contributed by atoms with van der Waals surface area (Å²) in [6.45, 7) is 12.9. The Labute approximate surface area is 310 Å². The van der Waals surface area contributed by atoms with Crippen LogP contribution < -0.4 is 9.46 Å². The molecule has 13 heteroatoms. The number of carbonyl (C=O) groups is 1. The standard InChI is InChI=1S/C39H49F2N5O4SSi/c1-36(2,3)51(48)45-39(20-38(7,21-39)22-49-52(8,9)37(4,5)6)34-42-18-25(19-43-34)23-13-14-27-28(15-23)46-29-16-24(33(46)44-27)17-30(47)26-11-10-12-31(32(26)29)50-35(40)41/h10-15,18-19,24,29,35,45H,16-17,20-22H2,1-9H3/t24-,29+,38?,39?,51+/m0/s1/i22D2. The van der Waals surface area contributed by atoms with E-state index in [2.05, 4.69) is 30.1 Å². The van der Waals surface area contributed by atoms with Crippen molar-refractivity contribution in [3.8, 4) is 16.9 Å². The molecule has 52 heavy (non-hydrogen) atoms. The molecule has 0 unspecified atom stereocenters. The second kappa shape index (κ2) is 12.6. The quantitative estimate of drug-likeness (QED) is 0.170. The first-order valence-electron chi connectivity index (χ1n) is 18.8. The number of fused-ring (bicyclic) bond motifs is 9. The van der Waals surface area contributed by atoms with Crippen molar-refractivity contribution in [2.24, 2.45) is 5.41 Å². The average molecular weight is 752 g/mol. The van der Waals surface area contributed by atoms with Crippen molar-refractivity contribution in [1.29, 1.82) is 0 Å². The maximum absolute atomic E-state index is 13.6. The number of carbonyl (C=O) groups excluding carboxylic acids is 1. The Balaban J connectivity index is 1.23. The van der Waals surface area contributed by atoms with Crippen LogP contribution in [0.25, 0.3) is 22.2 Å². The van der Waals surface area contributed by atoms with E-state index in [9.17, 15) is 17.8 Å². The van der Waals surface area contributed by atoms with Crippen LogP contribution in [0.2, 0.25) is 18.1 Å². The van der Waals surface area contributed by atoms with Gasteiger partial charge in [-0.3, -0.25) is 4.79 Å². The fraction of sp³-hybridized carbons (Fsp3) is 0.538. The molecular formula is C39H49F2N5O4SSi. The lowest BCUT2D eigenvalue weighted by Crippen LogP contribution is -2.62. The number of hydrogen-bond acceptors (Lipinski definition) is 7. The SMILES string of the molecule is [2H]C([2H])(O[Si](C)(C)C(C)(C)C)C1(C)CC(N[S@](=O)C(C)(C)C)(c2ncc(-c3ccc4nc5n(c4c3)[C@@H]3C[C@H]5CC(=O)c4cccc(OC(F)F)c43)cn2)C1. The van der Waals surface area contributed by atoms with Crippen LogP contribution in [-0.2, 0) is 21.0 Å². The third kappa shape index (κ3) is 6.45. The fourth-order valence-electron chi connectivity index (χ4n) is 7.56. The lowest BCUT2D eigenvalue weighted by molar-refractivity contribution is -0.0507. The van der Waals surface area contributed by atoms with Gasteiger partial charge < -0.3 is 13.7 Å². The first-order chi connectivity index (χ1) is 25.0. The summed E-state index contributed by atoms with van der Waals surface area (Å²) in [5, 5.41) is -0.185. The number of halogens is 2. The molecule has 3 atom stereocenters. The Kier molecular flexibility index (Phi) is 8.33. The third-order valence-corrected chi connectivity index (χ3v) is 17.2. The molecule has 9 nitrogen and oxygen atoms in total. The maximum Gasteiger partial charge on any atom is 0.387 e. The van der Waals surface area contributed by atoms with Gasteiger partial charge in [-0.15, -0.1) is 0 Å². The highest BCUT2D eigenvalue weighted by atomic mass is 32.2. The van der Waals surface area contributed by atoms with Crippen LogP contribution in [0.4, 0.5) is 8.78 Å². The first-order valence-corrected chi connectivity index (χ1v) is 21.9. The molecule has 1 fully saturated rings. The minimum atomic E-state index is -3.03. The van der Waals surface area contributed by atoms with E-state index in [4.69, 9.17) is 26.9 Å². The summed E-state index contributed by atoms with van der Waals surface area (Å²) >= 11 is 0. The van der Waals surface area contributed by atoms with Gasteiger partial charge in [-0.25, -0.2) is 23.9 Å². The van der Waals surface area contributed by atoms with Crippen molar-refractivity contribution in [2.45, 2.75) is 121 Å². The Morgan fingerprint density at radius 1 is 1.10 bits per heavy atom. The number of nitrogens with zero attached hydrogens (tertiary/aromatic N) is 4. The Morgan fingerprint density at radius 3 is 2.42 bits per heavy atom. The van der Waals surface area contributed by atoms with Gasteiger partial charge in [-0.05, 0) is 87.3 Å². The zero-order valence-corrected chi connectivity index (χ0v) is 33.1. The van der Waals surface area contributed by atoms with Crippen LogP contribution >= 0.6 is 0 Å². The molecule has 1 N–H and O–H groups in total. The minimum absolute atomic E-state index is 0.00186. The average Bonchev–Trinajstić information content (AvgIpc) is 3.54. The zero-order chi connectivity index (χ0) is 39.4. The molecular weight excluding hydrogens is 701 g/mol. The number of nitrogens with one attached hydrogen (secondary N) is 1. The summed E-state index contributed by atoms with van der Waals surface area (Å²) in [6.07, 6.45) is 4.77. The molecule has 2 aliphatic carbocycles. The van der Waals surface area contributed by atoms with Crippen molar-refractivity contribution in [3.63, 3.8) is 0 Å². The smallest absolute Gasteiger partial charge is 0.387 e. The largest absolute Gasteiger partial charge is 0.434 e. The topological polar surface area (TPSA) is 108 Å². The minimum Gasteiger partial charge on any atom is -0.434 e. The van der Waals surface area contributed by atoms with Gasteiger partial charge in [0.25, 0.3) is 0 Å². The molecule has 0 amide bonds. The van der Waals surface area contributed by atoms with Crippen molar-refractivity contribution < 1.29 is 29.7 Å². The number of ether oxygens (including phenoxy) is 1. The van der Waals surface area contributed by atoms with Crippen LogP contribution in [-0.4, -0.2) is 55.7 Å². The number of rotatable bonds is 9. The van der Waals surface area contributed by atoms with E-state index in [0.29, 0.717) is 23.4 Å². The first kappa shape index (κ1) is 34.4.